The number of hydrogen-bond acceptors (Lipinski definition) is 3. The highest BCUT2D eigenvalue weighted by Crippen LogP contribution is 2.35. The van der Waals surface area contributed by atoms with Gasteiger partial charge < -0.3 is 9.64 Å². The molecule has 0 aliphatic heterocycles. The van der Waals surface area contributed by atoms with Gasteiger partial charge in [0.25, 0.3) is 0 Å². The predicted molar refractivity (Wildman–Crippen MR) is 103 cm³/mol. The van der Waals surface area contributed by atoms with Crippen LogP contribution in [0.2, 0.25) is 0 Å². The van der Waals surface area contributed by atoms with Gasteiger partial charge in [0.15, 0.2) is 0 Å². The lowest BCUT2D eigenvalue weighted by molar-refractivity contribution is -0.132. The first-order valence-electron chi connectivity index (χ1n) is 9.48. The average molecular weight is 352 g/mol. The molecule has 1 aliphatic carbocycles. The van der Waals surface area contributed by atoms with Gasteiger partial charge in [0, 0.05) is 37.7 Å². The number of nitrogens with zero attached hydrogens (tertiary/aromatic N) is 2. The van der Waals surface area contributed by atoms with Crippen LogP contribution in [0, 0.1) is 0 Å². The maximum atomic E-state index is 12.8. The summed E-state index contributed by atoms with van der Waals surface area (Å²) in [7, 11) is 3.58. The fraction of sp³-hybridized carbons (Fsp3) is 0.455. The molecule has 0 saturated heterocycles. The lowest BCUT2D eigenvalue weighted by atomic mass is 9.79. The summed E-state index contributed by atoms with van der Waals surface area (Å²) >= 11 is 0. The number of ether oxygens (including phenoxy) is 1. The van der Waals surface area contributed by atoms with Crippen LogP contribution in [-0.2, 0) is 11.2 Å². The maximum Gasteiger partial charge on any atom is 0.222 e. The van der Waals surface area contributed by atoms with Crippen LogP contribution in [0.3, 0.4) is 0 Å². The summed E-state index contributed by atoms with van der Waals surface area (Å²) in [6.07, 6.45) is 7.72. The molecule has 3 rings (SSSR count). The number of rotatable bonds is 6. The number of amides is 1. The van der Waals surface area contributed by atoms with Crippen LogP contribution < -0.4 is 4.74 Å². The lowest BCUT2D eigenvalue weighted by Gasteiger charge is -2.38. The quantitative estimate of drug-likeness (QED) is 0.782. The minimum Gasteiger partial charge on any atom is -0.481 e. The van der Waals surface area contributed by atoms with Crippen LogP contribution in [0.4, 0.5) is 0 Å². The molecule has 0 N–H and O–H groups in total. The normalized spacial score (nSPS) is 19.8. The van der Waals surface area contributed by atoms with Crippen molar-refractivity contribution in [3.63, 3.8) is 0 Å². The Balaban J connectivity index is 1.62. The molecule has 1 aliphatic rings. The van der Waals surface area contributed by atoms with Crippen LogP contribution in [0.5, 0.6) is 5.88 Å². The standard InChI is InChI=1S/C22H28N2O2/c1-24(22(25)15-13-17-12-14-21(26-2)23-16-17)20-11-7-6-10-19(20)18-8-4-3-5-9-18/h3-5,8-9,12,14,16,19-20H,6-7,10-11,13,15H2,1-2H3. The second kappa shape index (κ2) is 8.84. The highest BCUT2D eigenvalue weighted by molar-refractivity contribution is 5.76. The number of hydrogen-bond donors (Lipinski definition) is 0. The molecule has 1 aromatic heterocycles. The van der Waals surface area contributed by atoms with E-state index in [9.17, 15) is 4.79 Å². The summed E-state index contributed by atoms with van der Waals surface area (Å²) in [6.45, 7) is 0. The van der Waals surface area contributed by atoms with Crippen molar-refractivity contribution in [3.05, 3.63) is 59.8 Å². The third-order valence-electron chi connectivity index (χ3n) is 5.48. The van der Waals surface area contributed by atoms with Crippen LogP contribution in [0.25, 0.3) is 0 Å². The Morgan fingerprint density at radius 1 is 1.15 bits per heavy atom. The number of likely N-dealkylation sites (N-methyl/N-ethyl adjacent to an activating group) is 1. The summed E-state index contributed by atoms with van der Waals surface area (Å²) in [5.41, 5.74) is 2.42. The van der Waals surface area contributed by atoms with E-state index < -0.39 is 0 Å². The van der Waals surface area contributed by atoms with E-state index >= 15 is 0 Å². The molecule has 1 heterocycles. The lowest BCUT2D eigenvalue weighted by Crippen LogP contribution is -2.42. The first kappa shape index (κ1) is 18.4. The van der Waals surface area contributed by atoms with Gasteiger partial charge in [-0.1, -0.05) is 49.2 Å². The Bertz CT molecular complexity index is 700. The smallest absolute Gasteiger partial charge is 0.222 e. The molecule has 2 atom stereocenters. The molecule has 2 aromatic rings. The predicted octanol–water partition coefficient (Wildman–Crippen LogP) is 4.21. The van der Waals surface area contributed by atoms with E-state index in [1.165, 1.54) is 18.4 Å². The second-order valence-electron chi connectivity index (χ2n) is 7.08. The second-order valence-corrected chi connectivity index (χ2v) is 7.08. The Morgan fingerprint density at radius 2 is 1.92 bits per heavy atom. The molecule has 0 spiro atoms. The molecule has 0 radical (unpaired) electrons. The van der Waals surface area contributed by atoms with Crippen molar-refractivity contribution in [2.75, 3.05) is 14.2 Å². The molecular weight excluding hydrogens is 324 g/mol. The monoisotopic (exact) mass is 352 g/mol. The molecule has 138 valence electrons. The SMILES string of the molecule is COc1ccc(CCC(=O)N(C)C2CCCCC2c2ccccc2)cn1. The summed E-state index contributed by atoms with van der Waals surface area (Å²) in [6, 6.07) is 14.8. The number of aryl methyl sites for hydroxylation is 1. The van der Waals surface area contributed by atoms with Crippen molar-refractivity contribution < 1.29 is 9.53 Å². The van der Waals surface area contributed by atoms with Gasteiger partial charge in [0.2, 0.25) is 11.8 Å². The summed E-state index contributed by atoms with van der Waals surface area (Å²) in [5, 5.41) is 0. The van der Waals surface area contributed by atoms with E-state index in [2.05, 4.69) is 35.3 Å². The minimum absolute atomic E-state index is 0.216. The molecule has 4 heteroatoms. The molecule has 0 bridgehead atoms. The van der Waals surface area contributed by atoms with Crippen LogP contribution in [0.15, 0.2) is 48.7 Å². The van der Waals surface area contributed by atoms with Crippen molar-refractivity contribution in [1.29, 1.82) is 0 Å². The fourth-order valence-electron chi connectivity index (χ4n) is 3.96. The largest absolute Gasteiger partial charge is 0.481 e. The van der Waals surface area contributed by atoms with E-state index in [4.69, 9.17) is 4.74 Å². The van der Waals surface area contributed by atoms with Crippen LogP contribution in [0.1, 0.15) is 49.1 Å². The number of benzene rings is 1. The van der Waals surface area contributed by atoms with E-state index in [0.717, 1.165) is 18.4 Å². The topological polar surface area (TPSA) is 42.4 Å². The number of pyridine rings is 1. The summed E-state index contributed by atoms with van der Waals surface area (Å²) in [5.74, 6) is 1.26. The molecule has 1 amide bonds. The number of carbonyl (C=O) groups is 1. The van der Waals surface area contributed by atoms with Gasteiger partial charge in [0.1, 0.15) is 0 Å². The molecule has 1 fully saturated rings. The molecule has 4 nitrogen and oxygen atoms in total. The van der Waals surface area contributed by atoms with E-state index in [1.807, 2.05) is 24.1 Å². The maximum absolute atomic E-state index is 12.8. The van der Waals surface area contributed by atoms with Crippen molar-refractivity contribution in [2.24, 2.45) is 0 Å². The molecular formula is C22H28N2O2. The third-order valence-corrected chi connectivity index (χ3v) is 5.48. The van der Waals surface area contributed by atoms with Gasteiger partial charge in [0.05, 0.1) is 7.11 Å². The summed E-state index contributed by atoms with van der Waals surface area (Å²) in [4.78, 5) is 19.0. The van der Waals surface area contributed by atoms with Crippen molar-refractivity contribution in [2.45, 2.75) is 50.5 Å². The Morgan fingerprint density at radius 3 is 2.62 bits per heavy atom. The van der Waals surface area contributed by atoms with Crippen LogP contribution >= 0.6 is 0 Å². The minimum atomic E-state index is 0.216. The van der Waals surface area contributed by atoms with Crippen molar-refractivity contribution in [3.8, 4) is 5.88 Å². The van der Waals surface area contributed by atoms with Gasteiger partial charge in [-0.25, -0.2) is 4.98 Å². The first-order valence-corrected chi connectivity index (χ1v) is 9.48. The zero-order valence-corrected chi connectivity index (χ0v) is 15.7. The zero-order valence-electron chi connectivity index (χ0n) is 15.7. The number of carbonyl (C=O) groups excluding carboxylic acids is 1. The van der Waals surface area contributed by atoms with Crippen molar-refractivity contribution in [1.82, 2.24) is 9.88 Å². The zero-order chi connectivity index (χ0) is 18.4. The van der Waals surface area contributed by atoms with Gasteiger partial charge >= 0.3 is 0 Å². The fourth-order valence-corrected chi connectivity index (χ4v) is 3.96. The average Bonchev–Trinajstić information content (AvgIpc) is 2.72. The molecule has 2 unspecified atom stereocenters. The van der Waals surface area contributed by atoms with Crippen molar-refractivity contribution >= 4 is 5.91 Å². The Kier molecular flexibility index (Phi) is 6.26. The Hall–Kier alpha value is -2.36. The van der Waals surface area contributed by atoms with E-state index in [0.29, 0.717) is 30.7 Å². The van der Waals surface area contributed by atoms with E-state index in [1.54, 1.807) is 13.3 Å². The molecule has 1 saturated carbocycles. The van der Waals surface area contributed by atoms with Gasteiger partial charge in [-0.3, -0.25) is 4.79 Å². The highest BCUT2D eigenvalue weighted by atomic mass is 16.5. The first-order chi connectivity index (χ1) is 12.7. The summed E-state index contributed by atoms with van der Waals surface area (Å²) < 4.78 is 5.08. The molecule has 1 aromatic carbocycles. The highest BCUT2D eigenvalue weighted by Gasteiger charge is 2.31. The van der Waals surface area contributed by atoms with E-state index in [-0.39, 0.29) is 5.91 Å². The molecule has 26 heavy (non-hydrogen) atoms. The Labute approximate surface area is 156 Å². The number of methoxy groups -OCH3 is 1. The van der Waals surface area contributed by atoms with Gasteiger partial charge in [-0.05, 0) is 30.4 Å². The number of aromatic nitrogens is 1. The van der Waals surface area contributed by atoms with Gasteiger partial charge in [-0.15, -0.1) is 0 Å². The third kappa shape index (κ3) is 4.43. The van der Waals surface area contributed by atoms with Gasteiger partial charge in [-0.2, -0.15) is 0 Å². The van der Waals surface area contributed by atoms with Crippen LogP contribution in [-0.4, -0.2) is 36.0 Å².